The molecule has 0 amide bonds. The van der Waals surface area contributed by atoms with Gasteiger partial charge in [0.15, 0.2) is 17.4 Å². The predicted octanol–water partition coefficient (Wildman–Crippen LogP) is 3.59. The van der Waals surface area contributed by atoms with Gasteiger partial charge in [0.25, 0.3) is 0 Å². The van der Waals surface area contributed by atoms with Crippen molar-refractivity contribution in [1.82, 2.24) is 5.32 Å². The first kappa shape index (κ1) is 19.1. The number of ether oxygens (including phenoxy) is 1. The van der Waals surface area contributed by atoms with E-state index in [-0.39, 0.29) is 12.3 Å². The van der Waals surface area contributed by atoms with Crippen LogP contribution in [0.5, 0.6) is 11.5 Å². The predicted molar refractivity (Wildman–Crippen MR) is 98.6 cm³/mol. The van der Waals surface area contributed by atoms with Gasteiger partial charge >= 0.3 is 0 Å². The fourth-order valence-corrected chi connectivity index (χ4v) is 3.05. The lowest BCUT2D eigenvalue weighted by molar-refractivity contribution is 0.157. The van der Waals surface area contributed by atoms with Gasteiger partial charge in [0.05, 0.1) is 11.8 Å². The SMILES string of the molecule is CC(C)(Cc1ccc(F)c(F)c1)NCC(O)c1cc(O)cc2c1OC=CN2. The molecule has 1 unspecified atom stereocenters. The van der Waals surface area contributed by atoms with Gasteiger partial charge in [0.2, 0.25) is 0 Å². The van der Waals surface area contributed by atoms with Crippen molar-refractivity contribution < 1.29 is 23.7 Å². The summed E-state index contributed by atoms with van der Waals surface area (Å²) >= 11 is 0. The number of fused-ring (bicyclic) bond motifs is 1. The van der Waals surface area contributed by atoms with Crippen molar-refractivity contribution in [3.05, 3.63) is 65.6 Å². The average Bonchev–Trinajstić information content (AvgIpc) is 2.62. The fourth-order valence-electron chi connectivity index (χ4n) is 3.05. The van der Waals surface area contributed by atoms with Crippen molar-refractivity contribution in [1.29, 1.82) is 0 Å². The van der Waals surface area contributed by atoms with Gasteiger partial charge in [-0.15, -0.1) is 0 Å². The monoisotopic (exact) mass is 376 g/mol. The fraction of sp³-hybridized carbons (Fsp3) is 0.300. The Balaban J connectivity index is 1.69. The number of hydrogen-bond donors (Lipinski definition) is 4. The highest BCUT2D eigenvalue weighted by atomic mass is 19.2. The Kier molecular flexibility index (Phi) is 5.34. The number of halogens is 2. The molecule has 27 heavy (non-hydrogen) atoms. The van der Waals surface area contributed by atoms with Crippen LogP contribution in [0, 0.1) is 11.6 Å². The second-order valence-corrected chi connectivity index (χ2v) is 7.18. The van der Waals surface area contributed by atoms with Crippen LogP contribution >= 0.6 is 0 Å². The van der Waals surface area contributed by atoms with Gasteiger partial charge in [-0.25, -0.2) is 8.78 Å². The van der Waals surface area contributed by atoms with Crippen LogP contribution in [-0.2, 0) is 6.42 Å². The maximum absolute atomic E-state index is 13.4. The Bertz CT molecular complexity index is 869. The van der Waals surface area contributed by atoms with E-state index in [1.807, 2.05) is 13.8 Å². The first-order valence-corrected chi connectivity index (χ1v) is 8.57. The molecule has 1 heterocycles. The van der Waals surface area contributed by atoms with Gasteiger partial charge in [-0.05, 0) is 44.0 Å². The summed E-state index contributed by atoms with van der Waals surface area (Å²) in [6, 6.07) is 6.78. The Morgan fingerprint density at radius 1 is 1.19 bits per heavy atom. The first-order valence-electron chi connectivity index (χ1n) is 8.57. The van der Waals surface area contributed by atoms with Crippen molar-refractivity contribution >= 4 is 5.69 Å². The highest BCUT2D eigenvalue weighted by Gasteiger charge is 2.24. The molecule has 0 spiro atoms. The number of rotatable bonds is 6. The molecule has 1 atom stereocenters. The zero-order valence-electron chi connectivity index (χ0n) is 15.1. The molecule has 1 aliphatic rings. The molecule has 0 aromatic heterocycles. The zero-order valence-corrected chi connectivity index (χ0v) is 15.1. The molecule has 4 N–H and O–H groups in total. The Hall–Kier alpha value is -2.64. The Morgan fingerprint density at radius 3 is 2.70 bits per heavy atom. The minimum absolute atomic E-state index is 0.00949. The Labute approximate surface area is 156 Å². The lowest BCUT2D eigenvalue weighted by Gasteiger charge is -2.29. The zero-order chi connectivity index (χ0) is 19.6. The Morgan fingerprint density at radius 2 is 1.96 bits per heavy atom. The van der Waals surface area contributed by atoms with Crippen molar-refractivity contribution in [2.45, 2.75) is 31.9 Å². The van der Waals surface area contributed by atoms with Crippen molar-refractivity contribution in [2.24, 2.45) is 0 Å². The number of phenolic OH excluding ortho intramolecular Hbond substituents is 1. The van der Waals surface area contributed by atoms with Crippen LogP contribution in [0.3, 0.4) is 0 Å². The standard InChI is InChI=1S/C20H22F2N2O3/c1-20(2,10-12-3-4-15(21)16(22)7-12)24-11-18(26)14-8-13(25)9-17-19(14)27-6-5-23-17/h3-9,18,23-26H,10-11H2,1-2H3. The quantitative estimate of drug-likeness (QED) is 0.620. The molecule has 0 radical (unpaired) electrons. The maximum Gasteiger partial charge on any atom is 0.159 e. The number of hydrogen-bond acceptors (Lipinski definition) is 5. The van der Waals surface area contributed by atoms with E-state index in [0.717, 1.165) is 6.07 Å². The van der Waals surface area contributed by atoms with E-state index in [2.05, 4.69) is 10.6 Å². The second kappa shape index (κ2) is 7.54. The van der Waals surface area contributed by atoms with E-state index in [9.17, 15) is 19.0 Å². The molecule has 144 valence electrons. The molecule has 0 saturated heterocycles. The van der Waals surface area contributed by atoms with Crippen LogP contribution in [-0.4, -0.2) is 22.3 Å². The number of β-amino-alcohol motifs (C(OH)–C–C–N with tert-alkyl or cyclic N) is 1. The summed E-state index contributed by atoms with van der Waals surface area (Å²) in [4.78, 5) is 0. The van der Waals surface area contributed by atoms with Gasteiger partial charge in [-0.1, -0.05) is 6.07 Å². The summed E-state index contributed by atoms with van der Waals surface area (Å²) in [5.41, 5.74) is 1.17. The average molecular weight is 376 g/mol. The minimum Gasteiger partial charge on any atom is -0.508 e. The van der Waals surface area contributed by atoms with Crippen molar-refractivity contribution in [2.75, 3.05) is 11.9 Å². The first-order chi connectivity index (χ1) is 12.7. The van der Waals surface area contributed by atoms with Gasteiger partial charge in [-0.2, -0.15) is 0 Å². The van der Waals surface area contributed by atoms with Crippen LogP contribution in [0.2, 0.25) is 0 Å². The summed E-state index contributed by atoms with van der Waals surface area (Å²) in [6.45, 7) is 3.99. The molecule has 0 saturated carbocycles. The van der Waals surface area contributed by atoms with Crippen LogP contribution in [0.1, 0.15) is 31.1 Å². The van der Waals surface area contributed by atoms with E-state index in [1.165, 1.54) is 30.5 Å². The van der Waals surface area contributed by atoms with Gasteiger partial charge in [-0.3, -0.25) is 0 Å². The molecule has 3 rings (SSSR count). The molecule has 0 fully saturated rings. The van der Waals surface area contributed by atoms with Gasteiger partial charge < -0.3 is 25.6 Å². The third-order valence-corrected chi connectivity index (χ3v) is 4.36. The summed E-state index contributed by atoms with van der Waals surface area (Å²) < 4.78 is 31.9. The number of aliphatic hydroxyl groups is 1. The number of benzene rings is 2. The molecule has 1 aliphatic heterocycles. The number of phenols is 1. The molecule has 2 aromatic rings. The number of anilines is 1. The summed E-state index contributed by atoms with van der Waals surface area (Å²) in [7, 11) is 0. The van der Waals surface area contributed by atoms with Crippen molar-refractivity contribution in [3.8, 4) is 11.5 Å². The normalized spacial score (nSPS) is 14.3. The van der Waals surface area contributed by atoms with E-state index < -0.39 is 23.3 Å². The third-order valence-electron chi connectivity index (χ3n) is 4.36. The largest absolute Gasteiger partial charge is 0.508 e. The van der Waals surface area contributed by atoms with Crippen LogP contribution in [0.4, 0.5) is 14.5 Å². The lowest BCUT2D eigenvalue weighted by atomic mass is 9.94. The number of nitrogens with one attached hydrogen (secondary N) is 2. The second-order valence-electron chi connectivity index (χ2n) is 7.18. The molecule has 5 nitrogen and oxygen atoms in total. The molecule has 2 aromatic carbocycles. The minimum atomic E-state index is -0.941. The highest BCUT2D eigenvalue weighted by molar-refractivity contribution is 5.66. The topological polar surface area (TPSA) is 73.8 Å². The lowest BCUT2D eigenvalue weighted by Crippen LogP contribution is -2.43. The summed E-state index contributed by atoms with van der Waals surface area (Å²) in [6.07, 6.45) is 2.54. The number of aromatic hydroxyl groups is 1. The highest BCUT2D eigenvalue weighted by Crippen LogP contribution is 2.38. The molecular formula is C20H22F2N2O3. The van der Waals surface area contributed by atoms with Gasteiger partial charge in [0.1, 0.15) is 12.0 Å². The van der Waals surface area contributed by atoms with E-state index >= 15 is 0 Å². The third kappa shape index (κ3) is 4.56. The smallest absolute Gasteiger partial charge is 0.159 e. The summed E-state index contributed by atoms with van der Waals surface area (Å²) in [5, 5.41) is 26.6. The van der Waals surface area contributed by atoms with Gasteiger partial charge in [0, 0.05) is 29.9 Å². The molecular weight excluding hydrogens is 354 g/mol. The molecule has 0 aliphatic carbocycles. The van der Waals surface area contributed by atoms with Crippen LogP contribution < -0.4 is 15.4 Å². The number of aliphatic hydroxyl groups excluding tert-OH is 1. The van der Waals surface area contributed by atoms with E-state index in [1.54, 1.807) is 6.20 Å². The summed E-state index contributed by atoms with van der Waals surface area (Å²) in [5.74, 6) is -1.30. The van der Waals surface area contributed by atoms with E-state index in [0.29, 0.717) is 29.0 Å². The van der Waals surface area contributed by atoms with E-state index in [4.69, 9.17) is 4.74 Å². The van der Waals surface area contributed by atoms with Crippen molar-refractivity contribution in [3.63, 3.8) is 0 Å². The maximum atomic E-state index is 13.4. The molecule has 0 bridgehead atoms. The molecule has 7 heteroatoms. The van der Waals surface area contributed by atoms with Crippen LogP contribution in [0.15, 0.2) is 42.8 Å². The van der Waals surface area contributed by atoms with Crippen LogP contribution in [0.25, 0.3) is 0 Å².